The summed E-state index contributed by atoms with van der Waals surface area (Å²) in [5.41, 5.74) is 2.45. The van der Waals surface area contributed by atoms with Gasteiger partial charge in [-0.25, -0.2) is 0 Å². The van der Waals surface area contributed by atoms with Crippen LogP contribution in [0.5, 0.6) is 0 Å². The second-order valence-electron chi connectivity index (χ2n) is 4.24. The van der Waals surface area contributed by atoms with Crippen molar-refractivity contribution in [2.75, 3.05) is 0 Å². The monoisotopic (exact) mass is 325 g/mol. The van der Waals surface area contributed by atoms with Crippen LogP contribution in [0.2, 0.25) is 0 Å². The van der Waals surface area contributed by atoms with Crippen molar-refractivity contribution in [1.82, 2.24) is 24.9 Å². The first-order valence-corrected chi connectivity index (χ1v) is 6.80. The van der Waals surface area contributed by atoms with Crippen LogP contribution in [0.25, 0.3) is 0 Å². The Morgan fingerprint density at radius 3 is 2.79 bits per heavy atom. The fourth-order valence-corrected chi connectivity index (χ4v) is 2.19. The molecule has 0 atom stereocenters. The van der Waals surface area contributed by atoms with Crippen molar-refractivity contribution in [3.8, 4) is 0 Å². The van der Waals surface area contributed by atoms with E-state index < -0.39 is 0 Å². The van der Waals surface area contributed by atoms with Gasteiger partial charge in [-0.15, -0.1) is 0 Å². The standard InChI is InChI=1S/C12H16BrN5O/c1-4-18-7-10(13)11(16-18)12(19)14-5-9-6-15-17(3)8(9)2/h6-7H,4-5H2,1-3H3,(H,14,19). The number of halogens is 1. The van der Waals surface area contributed by atoms with Crippen LogP contribution >= 0.6 is 15.9 Å². The lowest BCUT2D eigenvalue weighted by Gasteiger charge is -2.03. The van der Waals surface area contributed by atoms with Crippen molar-refractivity contribution >= 4 is 21.8 Å². The number of nitrogens with one attached hydrogen (secondary N) is 1. The Labute approximate surface area is 119 Å². The molecule has 0 spiro atoms. The highest BCUT2D eigenvalue weighted by atomic mass is 79.9. The predicted molar refractivity (Wildman–Crippen MR) is 74.7 cm³/mol. The first-order valence-electron chi connectivity index (χ1n) is 6.01. The number of amides is 1. The fraction of sp³-hybridized carbons (Fsp3) is 0.417. The summed E-state index contributed by atoms with van der Waals surface area (Å²) < 4.78 is 4.20. The van der Waals surface area contributed by atoms with Crippen LogP contribution in [0.15, 0.2) is 16.9 Å². The minimum Gasteiger partial charge on any atom is -0.346 e. The zero-order valence-corrected chi connectivity index (χ0v) is 12.7. The van der Waals surface area contributed by atoms with E-state index in [0.717, 1.165) is 17.8 Å². The predicted octanol–water partition coefficient (Wildman–Crippen LogP) is 1.64. The lowest BCUT2D eigenvalue weighted by Crippen LogP contribution is -2.24. The highest BCUT2D eigenvalue weighted by Gasteiger charge is 2.15. The summed E-state index contributed by atoms with van der Waals surface area (Å²) in [5.74, 6) is -0.192. The van der Waals surface area contributed by atoms with Crippen LogP contribution in [0, 0.1) is 6.92 Å². The molecule has 0 aliphatic carbocycles. The molecule has 0 aliphatic rings. The maximum absolute atomic E-state index is 12.0. The molecule has 7 heteroatoms. The van der Waals surface area contributed by atoms with E-state index in [2.05, 4.69) is 31.4 Å². The van der Waals surface area contributed by atoms with Gasteiger partial charge >= 0.3 is 0 Å². The number of aromatic nitrogens is 4. The molecule has 0 saturated heterocycles. The van der Waals surface area contributed by atoms with Crippen molar-refractivity contribution in [2.45, 2.75) is 26.9 Å². The molecular formula is C12H16BrN5O. The molecule has 0 radical (unpaired) electrons. The highest BCUT2D eigenvalue weighted by Crippen LogP contribution is 2.15. The van der Waals surface area contributed by atoms with E-state index in [4.69, 9.17) is 0 Å². The molecule has 0 aromatic carbocycles. The number of carbonyl (C=O) groups is 1. The summed E-state index contributed by atoms with van der Waals surface area (Å²) in [6, 6.07) is 0. The zero-order chi connectivity index (χ0) is 14.0. The quantitative estimate of drug-likeness (QED) is 0.929. The van der Waals surface area contributed by atoms with E-state index in [9.17, 15) is 4.79 Å². The summed E-state index contributed by atoms with van der Waals surface area (Å²) in [7, 11) is 1.88. The number of rotatable bonds is 4. The Morgan fingerprint density at radius 1 is 1.53 bits per heavy atom. The molecule has 2 aromatic rings. The molecule has 2 aromatic heterocycles. The summed E-state index contributed by atoms with van der Waals surface area (Å²) in [6.07, 6.45) is 3.56. The number of carbonyl (C=O) groups excluding carboxylic acids is 1. The van der Waals surface area contributed by atoms with E-state index >= 15 is 0 Å². The molecule has 6 nitrogen and oxygen atoms in total. The largest absolute Gasteiger partial charge is 0.346 e. The molecule has 1 amide bonds. The highest BCUT2D eigenvalue weighted by molar-refractivity contribution is 9.10. The van der Waals surface area contributed by atoms with Gasteiger partial charge < -0.3 is 5.32 Å². The topological polar surface area (TPSA) is 64.7 Å². The Hall–Kier alpha value is -1.63. The van der Waals surface area contributed by atoms with Gasteiger partial charge in [0.1, 0.15) is 0 Å². The fourth-order valence-electron chi connectivity index (χ4n) is 1.69. The maximum atomic E-state index is 12.0. The van der Waals surface area contributed by atoms with Crippen LogP contribution in [0.4, 0.5) is 0 Å². The molecule has 2 rings (SSSR count). The van der Waals surface area contributed by atoms with Crippen molar-refractivity contribution in [3.05, 3.63) is 33.8 Å². The molecule has 2 heterocycles. The van der Waals surface area contributed by atoms with Crippen LogP contribution in [0.1, 0.15) is 28.7 Å². The third-order valence-corrected chi connectivity index (χ3v) is 3.61. The van der Waals surface area contributed by atoms with Gasteiger partial charge in [-0.1, -0.05) is 0 Å². The second kappa shape index (κ2) is 5.56. The second-order valence-corrected chi connectivity index (χ2v) is 5.10. The third kappa shape index (κ3) is 2.86. The molecule has 1 N–H and O–H groups in total. The SMILES string of the molecule is CCn1cc(Br)c(C(=O)NCc2cnn(C)c2C)n1. The van der Waals surface area contributed by atoms with Gasteiger partial charge in [-0.3, -0.25) is 14.2 Å². The van der Waals surface area contributed by atoms with E-state index in [1.54, 1.807) is 21.8 Å². The lowest BCUT2D eigenvalue weighted by molar-refractivity contribution is 0.0944. The molecular weight excluding hydrogens is 310 g/mol. The molecule has 0 aliphatic heterocycles. The van der Waals surface area contributed by atoms with Gasteiger partial charge in [0.25, 0.3) is 5.91 Å². The normalized spacial score (nSPS) is 10.7. The smallest absolute Gasteiger partial charge is 0.273 e. The summed E-state index contributed by atoms with van der Waals surface area (Å²) in [4.78, 5) is 12.0. The summed E-state index contributed by atoms with van der Waals surface area (Å²) in [6.45, 7) is 5.12. The van der Waals surface area contributed by atoms with Crippen LogP contribution in [0.3, 0.4) is 0 Å². The molecule has 19 heavy (non-hydrogen) atoms. The number of nitrogens with zero attached hydrogens (tertiary/aromatic N) is 4. The van der Waals surface area contributed by atoms with Gasteiger partial charge in [0.15, 0.2) is 5.69 Å². The number of hydrogen-bond donors (Lipinski definition) is 1. The van der Waals surface area contributed by atoms with E-state index in [0.29, 0.717) is 16.7 Å². The van der Waals surface area contributed by atoms with Gasteiger partial charge in [-0.2, -0.15) is 10.2 Å². The zero-order valence-electron chi connectivity index (χ0n) is 11.1. The Balaban J connectivity index is 2.05. The Kier molecular flexibility index (Phi) is 4.04. The first-order chi connectivity index (χ1) is 9.02. The number of aryl methyl sites for hydroxylation is 2. The number of hydrogen-bond acceptors (Lipinski definition) is 3. The lowest BCUT2D eigenvalue weighted by atomic mass is 10.2. The molecule has 0 saturated carbocycles. The summed E-state index contributed by atoms with van der Waals surface area (Å²) in [5, 5.41) is 11.2. The maximum Gasteiger partial charge on any atom is 0.273 e. The molecule has 0 fully saturated rings. The first kappa shape index (κ1) is 13.8. The minimum atomic E-state index is -0.192. The average molecular weight is 326 g/mol. The van der Waals surface area contributed by atoms with E-state index in [1.165, 1.54) is 0 Å². The van der Waals surface area contributed by atoms with Crippen molar-refractivity contribution in [1.29, 1.82) is 0 Å². The average Bonchev–Trinajstić information content (AvgIpc) is 2.92. The minimum absolute atomic E-state index is 0.192. The van der Waals surface area contributed by atoms with Crippen LogP contribution in [-0.2, 0) is 20.1 Å². The van der Waals surface area contributed by atoms with Crippen molar-refractivity contribution < 1.29 is 4.79 Å². The molecule has 0 unspecified atom stereocenters. The summed E-state index contributed by atoms with van der Waals surface area (Å²) >= 11 is 3.34. The van der Waals surface area contributed by atoms with Gasteiger partial charge in [0.2, 0.25) is 0 Å². The third-order valence-electron chi connectivity index (χ3n) is 3.03. The Bertz CT molecular complexity index is 601. The Morgan fingerprint density at radius 2 is 2.26 bits per heavy atom. The van der Waals surface area contributed by atoms with Gasteiger partial charge in [0, 0.05) is 37.6 Å². The van der Waals surface area contributed by atoms with E-state index in [-0.39, 0.29) is 5.91 Å². The molecule has 102 valence electrons. The van der Waals surface area contributed by atoms with Crippen LogP contribution < -0.4 is 5.32 Å². The van der Waals surface area contributed by atoms with Crippen molar-refractivity contribution in [2.24, 2.45) is 7.05 Å². The van der Waals surface area contributed by atoms with Gasteiger partial charge in [-0.05, 0) is 29.8 Å². The van der Waals surface area contributed by atoms with Crippen LogP contribution in [-0.4, -0.2) is 25.5 Å². The van der Waals surface area contributed by atoms with E-state index in [1.807, 2.05) is 20.9 Å². The van der Waals surface area contributed by atoms with Crippen molar-refractivity contribution in [3.63, 3.8) is 0 Å². The molecule has 0 bridgehead atoms. The van der Waals surface area contributed by atoms with Gasteiger partial charge in [0.05, 0.1) is 10.7 Å².